The van der Waals surface area contributed by atoms with Crippen LogP contribution in [0.15, 0.2) is 46.2 Å². The lowest BCUT2D eigenvalue weighted by Gasteiger charge is -2.37. The number of hydrogen-bond donors (Lipinski definition) is 0. The zero-order valence-corrected chi connectivity index (χ0v) is 17.6. The average molecular weight is 415 g/mol. The van der Waals surface area contributed by atoms with Gasteiger partial charge in [0.05, 0.1) is 6.61 Å². The molecule has 0 radical (unpaired) electrons. The normalized spacial score (nSPS) is 16.0. The van der Waals surface area contributed by atoms with Gasteiger partial charge in [0.25, 0.3) is 0 Å². The fourth-order valence-electron chi connectivity index (χ4n) is 3.61. The van der Waals surface area contributed by atoms with Gasteiger partial charge in [0, 0.05) is 52.3 Å². The topological polar surface area (TPSA) is 32.8 Å². The molecule has 0 N–H and O–H groups in total. The van der Waals surface area contributed by atoms with Crippen LogP contribution in [-0.2, 0) is 4.74 Å². The van der Waals surface area contributed by atoms with Crippen LogP contribution in [0.25, 0.3) is 11.8 Å². The van der Waals surface area contributed by atoms with Crippen molar-refractivity contribution in [1.82, 2.24) is 9.80 Å². The van der Waals surface area contributed by atoms with Crippen LogP contribution in [0.4, 0.5) is 4.79 Å². The van der Waals surface area contributed by atoms with Gasteiger partial charge in [-0.15, -0.1) is 0 Å². The Labute approximate surface area is 175 Å². The van der Waals surface area contributed by atoms with Gasteiger partial charge >= 0.3 is 6.09 Å². The van der Waals surface area contributed by atoms with E-state index < -0.39 is 0 Å². The van der Waals surface area contributed by atoms with Crippen molar-refractivity contribution in [2.45, 2.75) is 23.6 Å². The van der Waals surface area contributed by atoms with Crippen molar-refractivity contribution in [3.63, 3.8) is 0 Å². The second-order valence-electron chi connectivity index (χ2n) is 6.99. The highest BCUT2D eigenvalue weighted by molar-refractivity contribution is 7.99. The third-order valence-electron chi connectivity index (χ3n) is 5.04. The Morgan fingerprint density at radius 3 is 2.61 bits per heavy atom. The molecule has 0 spiro atoms. The van der Waals surface area contributed by atoms with Gasteiger partial charge in [-0.25, -0.2) is 4.79 Å². The van der Waals surface area contributed by atoms with Gasteiger partial charge in [-0.3, -0.25) is 0 Å². The summed E-state index contributed by atoms with van der Waals surface area (Å²) in [4.78, 5) is 18.6. The molecular weight excluding hydrogens is 392 g/mol. The summed E-state index contributed by atoms with van der Waals surface area (Å²) in [5.74, 6) is 0. The first kappa shape index (κ1) is 19.2. The van der Waals surface area contributed by atoms with Gasteiger partial charge in [0.1, 0.15) is 0 Å². The van der Waals surface area contributed by atoms with E-state index in [1.807, 2.05) is 19.1 Å². The van der Waals surface area contributed by atoms with Crippen LogP contribution in [0, 0.1) is 6.92 Å². The van der Waals surface area contributed by atoms with Crippen molar-refractivity contribution in [2.24, 2.45) is 0 Å². The summed E-state index contributed by atoms with van der Waals surface area (Å²) in [6, 6.07) is 12.7. The Kier molecular flexibility index (Phi) is 5.56. The summed E-state index contributed by atoms with van der Waals surface area (Å²) in [6.45, 7) is 7.20. The van der Waals surface area contributed by atoms with E-state index in [9.17, 15) is 4.79 Å². The minimum Gasteiger partial charge on any atom is -0.450 e. The number of hydrogen-bond acceptors (Lipinski definition) is 4. The summed E-state index contributed by atoms with van der Waals surface area (Å²) in [7, 11) is 0. The van der Waals surface area contributed by atoms with Crippen molar-refractivity contribution in [1.29, 1.82) is 0 Å². The second kappa shape index (κ2) is 8.10. The van der Waals surface area contributed by atoms with Crippen molar-refractivity contribution < 1.29 is 9.53 Å². The summed E-state index contributed by atoms with van der Waals surface area (Å²) in [6.07, 6.45) is 2.04. The molecule has 4 rings (SSSR count). The lowest BCUT2D eigenvalue weighted by atomic mass is 10.0. The number of rotatable bonds is 2. The molecule has 2 aromatic carbocycles. The monoisotopic (exact) mass is 414 g/mol. The van der Waals surface area contributed by atoms with Crippen LogP contribution in [0.2, 0.25) is 5.02 Å². The molecule has 6 heteroatoms. The van der Waals surface area contributed by atoms with Crippen molar-refractivity contribution >= 4 is 41.2 Å². The summed E-state index contributed by atoms with van der Waals surface area (Å²) < 4.78 is 5.15. The molecule has 1 amide bonds. The predicted octanol–water partition coefficient (Wildman–Crippen LogP) is 5.39. The molecule has 0 aromatic heterocycles. The summed E-state index contributed by atoms with van der Waals surface area (Å²) in [5, 5.41) is 0.734. The second-order valence-corrected chi connectivity index (χ2v) is 8.51. The third-order valence-corrected chi connectivity index (χ3v) is 6.44. The summed E-state index contributed by atoms with van der Waals surface area (Å²) >= 11 is 8.12. The Balaban J connectivity index is 1.68. The highest BCUT2D eigenvalue weighted by Crippen LogP contribution is 2.42. The van der Waals surface area contributed by atoms with E-state index in [2.05, 4.69) is 42.2 Å². The Hall–Kier alpha value is -2.11. The number of halogens is 1. The van der Waals surface area contributed by atoms with E-state index in [0.717, 1.165) is 29.4 Å². The largest absolute Gasteiger partial charge is 0.450 e. The van der Waals surface area contributed by atoms with Crippen LogP contribution in [-0.4, -0.2) is 48.7 Å². The molecule has 1 fully saturated rings. The van der Waals surface area contributed by atoms with Gasteiger partial charge in [0.2, 0.25) is 0 Å². The van der Waals surface area contributed by atoms with E-state index >= 15 is 0 Å². The fraction of sp³-hybridized carbons (Fsp3) is 0.318. The Morgan fingerprint density at radius 1 is 1.11 bits per heavy atom. The maximum atomic E-state index is 12.0. The maximum Gasteiger partial charge on any atom is 0.409 e. The molecule has 0 unspecified atom stereocenters. The number of carbonyl (C=O) groups is 1. The molecule has 2 heterocycles. The van der Waals surface area contributed by atoms with E-state index in [-0.39, 0.29) is 6.09 Å². The number of ether oxygens (including phenoxy) is 1. The first-order valence-corrected chi connectivity index (χ1v) is 10.7. The third kappa shape index (κ3) is 3.87. The van der Waals surface area contributed by atoms with Crippen molar-refractivity contribution in [2.75, 3.05) is 32.8 Å². The molecule has 2 aromatic rings. The molecule has 0 atom stereocenters. The molecule has 0 aliphatic carbocycles. The molecule has 28 heavy (non-hydrogen) atoms. The highest BCUT2D eigenvalue weighted by atomic mass is 35.5. The van der Waals surface area contributed by atoms with Gasteiger partial charge < -0.3 is 14.5 Å². The molecule has 4 nitrogen and oxygen atoms in total. The molecule has 2 aliphatic heterocycles. The van der Waals surface area contributed by atoms with Gasteiger partial charge in [-0.2, -0.15) is 0 Å². The number of nitrogens with zero attached hydrogens (tertiary/aromatic N) is 2. The van der Waals surface area contributed by atoms with E-state index in [4.69, 9.17) is 16.3 Å². The molecule has 0 saturated carbocycles. The Morgan fingerprint density at radius 2 is 1.86 bits per heavy atom. The molecule has 2 aliphatic rings. The van der Waals surface area contributed by atoms with Crippen LogP contribution in [0.1, 0.15) is 23.6 Å². The lowest BCUT2D eigenvalue weighted by Crippen LogP contribution is -2.48. The lowest BCUT2D eigenvalue weighted by molar-refractivity contribution is 0.0907. The summed E-state index contributed by atoms with van der Waals surface area (Å²) in [5.41, 5.74) is 4.78. The van der Waals surface area contributed by atoms with E-state index in [1.165, 1.54) is 20.9 Å². The predicted molar refractivity (Wildman–Crippen MR) is 115 cm³/mol. The highest BCUT2D eigenvalue weighted by Gasteiger charge is 2.26. The number of fused-ring (bicyclic) bond motifs is 2. The minimum absolute atomic E-state index is 0.225. The standard InChI is InChI=1S/C22H23ClN2O2S/c1-3-27-22(26)25-10-8-24(9-11-25)19-13-16-12-15(2)4-6-20(16)28-21-7-5-17(23)14-18(19)21/h4-7,12-14H,3,8-11H2,1-2H3. The van der Waals surface area contributed by atoms with E-state index in [1.54, 1.807) is 16.7 Å². The van der Waals surface area contributed by atoms with Gasteiger partial charge in [0.15, 0.2) is 0 Å². The van der Waals surface area contributed by atoms with Crippen LogP contribution >= 0.6 is 23.4 Å². The first-order chi connectivity index (χ1) is 13.5. The number of benzene rings is 2. The number of piperazine rings is 1. The fourth-order valence-corrected chi connectivity index (χ4v) is 4.81. The SMILES string of the molecule is CCOC(=O)N1CCN(C2=Cc3cc(C)ccc3Sc3ccc(Cl)cc32)CC1. The number of amides is 1. The van der Waals surface area contributed by atoms with Gasteiger partial charge in [-0.1, -0.05) is 41.1 Å². The average Bonchev–Trinajstić information content (AvgIpc) is 2.84. The van der Waals surface area contributed by atoms with E-state index in [0.29, 0.717) is 19.7 Å². The Bertz CT molecular complexity index is 936. The van der Waals surface area contributed by atoms with Crippen LogP contribution in [0.3, 0.4) is 0 Å². The van der Waals surface area contributed by atoms with Gasteiger partial charge in [-0.05, 0) is 49.8 Å². The van der Waals surface area contributed by atoms with Crippen molar-refractivity contribution in [3.8, 4) is 0 Å². The smallest absolute Gasteiger partial charge is 0.409 e. The molecule has 0 bridgehead atoms. The maximum absolute atomic E-state index is 12.0. The molecule has 1 saturated heterocycles. The molecule has 146 valence electrons. The molecular formula is C22H23ClN2O2S. The van der Waals surface area contributed by atoms with Crippen LogP contribution in [0.5, 0.6) is 0 Å². The number of carbonyl (C=O) groups excluding carboxylic acids is 1. The minimum atomic E-state index is -0.225. The quantitative estimate of drug-likeness (QED) is 0.660. The zero-order valence-electron chi connectivity index (χ0n) is 16.1. The first-order valence-electron chi connectivity index (χ1n) is 9.52. The number of aryl methyl sites for hydroxylation is 1. The van der Waals surface area contributed by atoms with Crippen molar-refractivity contribution in [3.05, 3.63) is 58.1 Å². The zero-order chi connectivity index (χ0) is 19.7. The van der Waals surface area contributed by atoms with Crippen LogP contribution < -0.4 is 0 Å².